The van der Waals surface area contributed by atoms with Crippen LogP contribution in [0.25, 0.3) is 5.69 Å². The number of carboxylic acids is 1. The van der Waals surface area contributed by atoms with E-state index in [1.165, 1.54) is 0 Å². The SMILES string of the molecule is COc1cccc(Cn2c(C(=O)O)nn(-c3ccc(Br)cc3)c2=O)c1. The molecule has 0 radical (unpaired) electrons. The van der Waals surface area contributed by atoms with Crippen LogP contribution in [-0.4, -0.2) is 32.5 Å². The van der Waals surface area contributed by atoms with Gasteiger partial charge in [-0.1, -0.05) is 28.1 Å². The van der Waals surface area contributed by atoms with Gasteiger partial charge in [0.1, 0.15) is 5.75 Å². The van der Waals surface area contributed by atoms with Crippen LogP contribution in [0.5, 0.6) is 5.75 Å². The lowest BCUT2D eigenvalue weighted by molar-refractivity contribution is 0.0677. The summed E-state index contributed by atoms with van der Waals surface area (Å²) in [7, 11) is 1.54. The third kappa shape index (κ3) is 3.48. The molecule has 2 aromatic carbocycles. The molecule has 1 aromatic heterocycles. The number of hydrogen-bond donors (Lipinski definition) is 1. The molecule has 0 saturated heterocycles. The van der Waals surface area contributed by atoms with Crippen LogP contribution < -0.4 is 10.4 Å². The van der Waals surface area contributed by atoms with E-state index in [2.05, 4.69) is 21.0 Å². The van der Waals surface area contributed by atoms with Crippen molar-refractivity contribution >= 4 is 21.9 Å². The van der Waals surface area contributed by atoms with E-state index in [9.17, 15) is 14.7 Å². The average Bonchev–Trinajstić information content (AvgIpc) is 2.93. The lowest BCUT2D eigenvalue weighted by atomic mass is 10.2. The van der Waals surface area contributed by atoms with Crippen molar-refractivity contribution in [1.82, 2.24) is 14.3 Å². The zero-order valence-corrected chi connectivity index (χ0v) is 14.8. The summed E-state index contributed by atoms with van der Waals surface area (Å²) in [6.07, 6.45) is 0. The van der Waals surface area contributed by atoms with Crippen molar-refractivity contribution in [1.29, 1.82) is 0 Å². The van der Waals surface area contributed by atoms with Crippen molar-refractivity contribution in [3.05, 3.63) is 74.9 Å². The topological polar surface area (TPSA) is 86.3 Å². The van der Waals surface area contributed by atoms with Crippen LogP contribution in [0.3, 0.4) is 0 Å². The van der Waals surface area contributed by atoms with Gasteiger partial charge in [0.2, 0.25) is 5.82 Å². The summed E-state index contributed by atoms with van der Waals surface area (Å²) >= 11 is 3.32. The number of carboxylic acid groups (broad SMARTS) is 1. The van der Waals surface area contributed by atoms with E-state index in [4.69, 9.17) is 4.74 Å². The summed E-state index contributed by atoms with van der Waals surface area (Å²) in [5.74, 6) is -0.964. The van der Waals surface area contributed by atoms with Crippen molar-refractivity contribution < 1.29 is 14.6 Å². The highest BCUT2D eigenvalue weighted by Crippen LogP contribution is 2.15. The first-order valence-electron chi connectivity index (χ1n) is 7.31. The van der Waals surface area contributed by atoms with Crippen molar-refractivity contribution in [2.75, 3.05) is 7.11 Å². The van der Waals surface area contributed by atoms with Gasteiger partial charge >= 0.3 is 11.7 Å². The van der Waals surface area contributed by atoms with Gasteiger partial charge in [-0.25, -0.2) is 9.59 Å². The summed E-state index contributed by atoms with van der Waals surface area (Å²) < 4.78 is 8.21. The van der Waals surface area contributed by atoms with Crippen LogP contribution in [0, 0.1) is 0 Å². The van der Waals surface area contributed by atoms with Crippen molar-refractivity contribution in [3.63, 3.8) is 0 Å². The fourth-order valence-corrected chi connectivity index (χ4v) is 2.67. The maximum absolute atomic E-state index is 12.7. The molecule has 0 bridgehead atoms. The molecule has 0 atom stereocenters. The Kier molecular flexibility index (Phi) is 4.71. The predicted octanol–water partition coefficient (Wildman–Crippen LogP) is 2.55. The van der Waals surface area contributed by atoms with Crippen molar-refractivity contribution in [2.45, 2.75) is 6.54 Å². The number of aromatic carboxylic acids is 1. The zero-order chi connectivity index (χ0) is 18.0. The van der Waals surface area contributed by atoms with Crippen LogP contribution in [0.2, 0.25) is 0 Å². The highest BCUT2D eigenvalue weighted by molar-refractivity contribution is 9.10. The molecule has 0 unspecified atom stereocenters. The van der Waals surface area contributed by atoms with Gasteiger partial charge in [0, 0.05) is 4.47 Å². The number of nitrogens with zero attached hydrogens (tertiary/aromatic N) is 3. The Morgan fingerprint density at radius 3 is 2.60 bits per heavy atom. The normalized spacial score (nSPS) is 10.6. The molecule has 0 aliphatic rings. The van der Waals surface area contributed by atoms with Gasteiger partial charge in [0.25, 0.3) is 0 Å². The van der Waals surface area contributed by atoms with E-state index < -0.39 is 11.7 Å². The molecule has 128 valence electrons. The monoisotopic (exact) mass is 403 g/mol. The third-order valence-corrected chi connectivity index (χ3v) is 4.13. The van der Waals surface area contributed by atoms with Gasteiger partial charge in [-0.2, -0.15) is 4.68 Å². The first-order chi connectivity index (χ1) is 12.0. The molecule has 3 aromatic rings. The van der Waals surface area contributed by atoms with Gasteiger partial charge in [-0.05, 0) is 42.0 Å². The molecular formula is C17H14BrN3O4. The summed E-state index contributed by atoms with van der Waals surface area (Å²) in [6.45, 7) is 0.0776. The molecule has 1 N–H and O–H groups in total. The van der Waals surface area contributed by atoms with E-state index >= 15 is 0 Å². The second kappa shape index (κ2) is 6.94. The van der Waals surface area contributed by atoms with Crippen LogP contribution >= 0.6 is 15.9 Å². The highest BCUT2D eigenvalue weighted by atomic mass is 79.9. The minimum absolute atomic E-state index is 0.0776. The molecule has 25 heavy (non-hydrogen) atoms. The fourth-order valence-electron chi connectivity index (χ4n) is 2.40. The molecule has 0 aliphatic carbocycles. The summed E-state index contributed by atoms with van der Waals surface area (Å²) in [5, 5.41) is 13.4. The smallest absolute Gasteiger partial charge is 0.374 e. The number of rotatable bonds is 5. The largest absolute Gasteiger partial charge is 0.497 e. The minimum atomic E-state index is -1.27. The van der Waals surface area contributed by atoms with E-state index in [0.717, 1.165) is 19.3 Å². The number of ether oxygens (including phenoxy) is 1. The Balaban J connectivity index is 2.07. The number of hydrogen-bond acceptors (Lipinski definition) is 4. The molecule has 8 heteroatoms. The van der Waals surface area contributed by atoms with E-state index in [0.29, 0.717) is 11.4 Å². The molecule has 3 rings (SSSR count). The summed E-state index contributed by atoms with van der Waals surface area (Å²) in [6, 6.07) is 14.0. The standard InChI is InChI=1S/C17H14BrN3O4/c1-25-14-4-2-3-11(9-14)10-20-15(16(22)23)19-21(17(20)24)13-7-5-12(18)6-8-13/h2-9H,10H2,1H3,(H,22,23). The Labute approximate surface area is 151 Å². The van der Waals surface area contributed by atoms with Crippen molar-refractivity contribution in [2.24, 2.45) is 0 Å². The van der Waals surface area contributed by atoms with E-state index in [1.807, 2.05) is 0 Å². The maximum Gasteiger partial charge on any atom is 0.374 e. The highest BCUT2D eigenvalue weighted by Gasteiger charge is 2.20. The Morgan fingerprint density at radius 2 is 1.96 bits per heavy atom. The van der Waals surface area contributed by atoms with Gasteiger partial charge in [0.05, 0.1) is 19.3 Å². The lowest BCUT2D eigenvalue weighted by Gasteiger charge is -2.05. The first kappa shape index (κ1) is 17.0. The minimum Gasteiger partial charge on any atom is -0.497 e. The number of methoxy groups -OCH3 is 1. The fraction of sp³-hybridized carbons (Fsp3) is 0.118. The lowest BCUT2D eigenvalue weighted by Crippen LogP contribution is -2.25. The summed E-state index contributed by atoms with van der Waals surface area (Å²) in [4.78, 5) is 24.2. The third-order valence-electron chi connectivity index (χ3n) is 3.60. The van der Waals surface area contributed by atoms with Crippen LogP contribution in [0.1, 0.15) is 16.2 Å². The molecule has 1 heterocycles. The number of carbonyl (C=O) groups is 1. The van der Waals surface area contributed by atoms with Crippen LogP contribution in [0.4, 0.5) is 0 Å². The second-order valence-corrected chi connectivity index (χ2v) is 6.15. The Bertz CT molecular complexity index is 976. The first-order valence-corrected chi connectivity index (χ1v) is 8.11. The molecule has 7 nitrogen and oxygen atoms in total. The number of benzene rings is 2. The molecule has 0 spiro atoms. The van der Waals surface area contributed by atoms with Gasteiger partial charge < -0.3 is 9.84 Å². The predicted molar refractivity (Wildman–Crippen MR) is 94.6 cm³/mol. The maximum atomic E-state index is 12.7. The number of halogens is 1. The Morgan fingerprint density at radius 1 is 1.24 bits per heavy atom. The Hall–Kier alpha value is -2.87. The van der Waals surface area contributed by atoms with Gasteiger partial charge in [0.15, 0.2) is 0 Å². The molecule has 0 saturated carbocycles. The molecule has 0 fully saturated rings. The number of aromatic nitrogens is 3. The van der Waals surface area contributed by atoms with Crippen LogP contribution in [0.15, 0.2) is 57.8 Å². The van der Waals surface area contributed by atoms with Gasteiger partial charge in [-0.15, -0.1) is 5.10 Å². The molecule has 0 aliphatic heterocycles. The van der Waals surface area contributed by atoms with E-state index in [1.54, 1.807) is 55.6 Å². The quantitative estimate of drug-likeness (QED) is 0.707. The summed E-state index contributed by atoms with van der Waals surface area (Å²) in [5.41, 5.74) is 0.696. The van der Waals surface area contributed by atoms with E-state index in [-0.39, 0.29) is 12.4 Å². The second-order valence-electron chi connectivity index (χ2n) is 5.24. The molecule has 0 amide bonds. The molecular weight excluding hydrogens is 390 g/mol. The zero-order valence-electron chi connectivity index (χ0n) is 13.2. The van der Waals surface area contributed by atoms with Gasteiger partial charge in [-0.3, -0.25) is 4.57 Å². The average molecular weight is 404 g/mol. The van der Waals surface area contributed by atoms with Crippen molar-refractivity contribution in [3.8, 4) is 11.4 Å². The van der Waals surface area contributed by atoms with Crippen LogP contribution in [-0.2, 0) is 6.54 Å².